The van der Waals surface area contributed by atoms with E-state index < -0.39 is 26.7 Å². The molecule has 1 aliphatic heterocycles. The van der Waals surface area contributed by atoms with E-state index in [0.717, 1.165) is 68.8 Å². The molecule has 11 heteroatoms. The van der Waals surface area contributed by atoms with E-state index in [1.54, 1.807) is 0 Å². The number of benzene rings is 2. The van der Waals surface area contributed by atoms with Gasteiger partial charge >= 0.3 is 6.18 Å². The van der Waals surface area contributed by atoms with Gasteiger partial charge in [-0.05, 0) is 68.6 Å². The van der Waals surface area contributed by atoms with Crippen LogP contribution in [0.25, 0.3) is 0 Å². The Balaban J connectivity index is 0.000000214. The van der Waals surface area contributed by atoms with Crippen LogP contribution in [0, 0.1) is 5.92 Å². The van der Waals surface area contributed by atoms with Crippen LogP contribution in [0.1, 0.15) is 41.6 Å². The highest BCUT2D eigenvalue weighted by Crippen LogP contribution is 2.34. The van der Waals surface area contributed by atoms with E-state index in [0.29, 0.717) is 18.7 Å². The van der Waals surface area contributed by atoms with Gasteiger partial charge in [0.15, 0.2) is 5.78 Å². The van der Waals surface area contributed by atoms with Crippen LogP contribution in [0.3, 0.4) is 0 Å². The summed E-state index contributed by atoms with van der Waals surface area (Å²) in [6.45, 7) is 3.88. The van der Waals surface area contributed by atoms with Crippen LogP contribution in [0.15, 0.2) is 53.4 Å². The van der Waals surface area contributed by atoms with Crippen LogP contribution in [-0.4, -0.2) is 51.4 Å². The minimum Gasteiger partial charge on any atom is -0.494 e. The van der Waals surface area contributed by atoms with Crippen LogP contribution >= 0.6 is 0 Å². The highest BCUT2D eigenvalue weighted by Gasteiger charge is 2.35. The van der Waals surface area contributed by atoms with Crippen LogP contribution in [0.2, 0.25) is 0 Å². The van der Waals surface area contributed by atoms with Gasteiger partial charge in [-0.15, -0.1) is 0 Å². The van der Waals surface area contributed by atoms with Crippen molar-refractivity contribution < 1.29 is 31.1 Å². The first-order valence-electron chi connectivity index (χ1n) is 11.4. The number of carbonyl (C=O) groups is 1. The zero-order valence-electron chi connectivity index (χ0n) is 19.2. The molecule has 4 N–H and O–H groups in total. The number of ether oxygens (including phenoxy) is 1. The first kappa shape index (κ1) is 27.1. The monoisotopic (exact) mass is 513 g/mol. The zero-order valence-corrected chi connectivity index (χ0v) is 20.0. The summed E-state index contributed by atoms with van der Waals surface area (Å²) < 4.78 is 64.1. The Morgan fingerprint density at radius 1 is 1.06 bits per heavy atom. The second-order valence-corrected chi connectivity index (χ2v) is 10.3. The molecule has 0 aromatic heterocycles. The number of ketones is 1. The molecule has 192 valence electrons. The lowest BCUT2D eigenvalue weighted by molar-refractivity contribution is -0.139. The Kier molecular flexibility index (Phi) is 8.92. The number of likely N-dealkylation sites (tertiary alicyclic amines) is 1. The smallest absolute Gasteiger partial charge is 0.417 e. The second-order valence-electron chi connectivity index (χ2n) is 8.75. The quantitative estimate of drug-likeness (QED) is 0.413. The summed E-state index contributed by atoms with van der Waals surface area (Å²) in [5.74, 6) is 1.41. The fraction of sp³-hybridized carbons (Fsp3) is 0.458. The van der Waals surface area contributed by atoms with Crippen molar-refractivity contribution in [1.82, 2.24) is 4.90 Å². The third-order valence-electron chi connectivity index (χ3n) is 5.78. The summed E-state index contributed by atoms with van der Waals surface area (Å²) in [6.07, 6.45) is -0.496. The van der Waals surface area contributed by atoms with E-state index in [9.17, 15) is 26.4 Å². The molecule has 1 heterocycles. The predicted molar refractivity (Wildman–Crippen MR) is 125 cm³/mol. The van der Waals surface area contributed by atoms with E-state index in [-0.39, 0.29) is 11.7 Å². The van der Waals surface area contributed by atoms with Gasteiger partial charge in [-0.2, -0.15) is 13.2 Å². The largest absolute Gasteiger partial charge is 0.494 e. The molecule has 1 atom stereocenters. The van der Waals surface area contributed by atoms with Crippen LogP contribution in [0.5, 0.6) is 5.75 Å². The van der Waals surface area contributed by atoms with Crippen molar-refractivity contribution in [2.24, 2.45) is 16.8 Å². The summed E-state index contributed by atoms with van der Waals surface area (Å²) in [5, 5.41) is 4.63. The van der Waals surface area contributed by atoms with Gasteiger partial charge in [-0.1, -0.05) is 12.1 Å². The molecule has 4 rings (SSSR count). The number of hydrogen-bond acceptors (Lipinski definition) is 6. The Bertz CT molecular complexity index is 1100. The number of carbonyl (C=O) groups excluding carboxylic acids is 1. The molecule has 0 unspecified atom stereocenters. The first-order valence-corrected chi connectivity index (χ1v) is 12.9. The Morgan fingerprint density at radius 2 is 1.71 bits per heavy atom. The van der Waals surface area contributed by atoms with Crippen molar-refractivity contribution in [3.63, 3.8) is 0 Å². The number of nitrogens with two attached hydrogens (primary N) is 2. The SMILES string of the molecule is NS(=O)(=O)c1ccccc1C(F)(F)F.N[C@@H]1CCN(CCCOc2ccc(C(=O)C3CC3)cc2)C1. The average Bonchev–Trinajstić information content (AvgIpc) is 3.57. The maximum atomic E-state index is 12.3. The average molecular weight is 514 g/mol. The molecule has 0 radical (unpaired) electrons. The Labute approximate surface area is 203 Å². The lowest BCUT2D eigenvalue weighted by Gasteiger charge is -2.15. The first-order chi connectivity index (χ1) is 16.4. The molecule has 0 bridgehead atoms. The number of primary sulfonamides is 1. The zero-order chi connectivity index (χ0) is 25.6. The molecular formula is C24H30F3N3O4S. The van der Waals surface area contributed by atoms with Crippen LogP contribution < -0.4 is 15.6 Å². The molecule has 2 aromatic carbocycles. The van der Waals surface area contributed by atoms with Crippen molar-refractivity contribution in [2.45, 2.75) is 42.8 Å². The number of Topliss-reactive ketones (excluding diaryl/α,β-unsaturated/α-hetero) is 1. The standard InChI is InChI=1S/C17H24N2O2.C7H6F3NO2S/c18-15-8-10-19(12-15)9-1-11-21-16-6-4-14(5-7-16)17(20)13-2-3-13;8-7(9,10)5-3-1-2-4-6(5)14(11,12)13/h4-7,13,15H,1-3,8-12,18H2;1-4H,(H2,11,12,13)/t15-;/m1./s1. The molecule has 1 saturated heterocycles. The molecule has 2 aliphatic rings. The lowest BCUT2D eigenvalue weighted by Crippen LogP contribution is -2.28. The molecule has 0 spiro atoms. The molecule has 1 saturated carbocycles. The number of sulfonamides is 1. The summed E-state index contributed by atoms with van der Waals surface area (Å²) >= 11 is 0. The minimum atomic E-state index is -4.72. The summed E-state index contributed by atoms with van der Waals surface area (Å²) in [6, 6.07) is 11.7. The van der Waals surface area contributed by atoms with Gasteiger partial charge in [0.2, 0.25) is 10.0 Å². The second kappa shape index (κ2) is 11.5. The number of alkyl halides is 3. The third-order valence-corrected chi connectivity index (χ3v) is 6.75. The number of rotatable bonds is 8. The minimum absolute atomic E-state index is 0.281. The lowest BCUT2D eigenvalue weighted by atomic mass is 10.1. The van der Waals surface area contributed by atoms with Gasteiger partial charge in [0.05, 0.1) is 17.1 Å². The topological polar surface area (TPSA) is 116 Å². The Hall–Kier alpha value is -2.47. The number of hydrogen-bond donors (Lipinski definition) is 2. The molecule has 7 nitrogen and oxygen atoms in total. The highest BCUT2D eigenvalue weighted by atomic mass is 32.2. The summed E-state index contributed by atoms with van der Waals surface area (Å²) in [7, 11) is -4.34. The molecule has 0 amide bonds. The normalized spacial score (nSPS) is 18.6. The van der Waals surface area contributed by atoms with E-state index in [1.807, 2.05) is 24.3 Å². The van der Waals surface area contributed by atoms with E-state index in [4.69, 9.17) is 10.5 Å². The van der Waals surface area contributed by atoms with Crippen molar-refractivity contribution >= 4 is 15.8 Å². The van der Waals surface area contributed by atoms with Gasteiger partial charge in [0, 0.05) is 30.6 Å². The van der Waals surface area contributed by atoms with E-state index in [2.05, 4.69) is 10.0 Å². The van der Waals surface area contributed by atoms with Gasteiger partial charge in [-0.3, -0.25) is 4.79 Å². The van der Waals surface area contributed by atoms with Crippen molar-refractivity contribution in [3.05, 3.63) is 59.7 Å². The van der Waals surface area contributed by atoms with Gasteiger partial charge < -0.3 is 15.4 Å². The predicted octanol–water partition coefficient (Wildman–Crippen LogP) is 3.43. The fourth-order valence-corrected chi connectivity index (χ4v) is 4.55. The van der Waals surface area contributed by atoms with Crippen molar-refractivity contribution in [2.75, 3.05) is 26.2 Å². The van der Waals surface area contributed by atoms with Crippen LogP contribution in [0.4, 0.5) is 13.2 Å². The summed E-state index contributed by atoms with van der Waals surface area (Å²) in [4.78, 5) is 13.4. The van der Waals surface area contributed by atoms with E-state index in [1.165, 1.54) is 6.07 Å². The molecular weight excluding hydrogens is 483 g/mol. The van der Waals surface area contributed by atoms with Gasteiger partial charge in [0.1, 0.15) is 5.75 Å². The number of halogens is 3. The molecule has 1 aliphatic carbocycles. The van der Waals surface area contributed by atoms with Crippen LogP contribution in [-0.2, 0) is 16.2 Å². The molecule has 2 fully saturated rings. The third kappa shape index (κ3) is 8.31. The maximum Gasteiger partial charge on any atom is 0.417 e. The fourth-order valence-electron chi connectivity index (χ4n) is 3.79. The molecule has 35 heavy (non-hydrogen) atoms. The number of nitrogens with zero attached hydrogens (tertiary/aromatic N) is 1. The van der Waals surface area contributed by atoms with E-state index >= 15 is 0 Å². The van der Waals surface area contributed by atoms with Gasteiger partial charge in [-0.25, -0.2) is 13.6 Å². The molecule has 2 aromatic rings. The summed E-state index contributed by atoms with van der Waals surface area (Å²) in [5.41, 5.74) is 5.45. The Morgan fingerprint density at radius 3 is 2.23 bits per heavy atom. The van der Waals surface area contributed by atoms with Gasteiger partial charge in [0.25, 0.3) is 0 Å². The van der Waals surface area contributed by atoms with Crippen molar-refractivity contribution in [1.29, 1.82) is 0 Å². The highest BCUT2D eigenvalue weighted by molar-refractivity contribution is 7.89. The maximum absolute atomic E-state index is 12.3. The van der Waals surface area contributed by atoms with Crippen molar-refractivity contribution in [3.8, 4) is 5.75 Å².